The molecule has 0 aliphatic carbocycles. The topological polar surface area (TPSA) is 68.5 Å². The number of benzene rings is 2. The Hall–Kier alpha value is -3.19. The Bertz CT molecular complexity index is 1010. The molecule has 0 radical (unpaired) electrons. The molecule has 0 aliphatic rings. The molecule has 3 aromatic rings. The van der Waals surface area contributed by atoms with Crippen LogP contribution >= 0.6 is 11.6 Å². The molecule has 1 heterocycles. The quantitative estimate of drug-likeness (QED) is 0.425. The van der Waals surface area contributed by atoms with Gasteiger partial charge in [-0.1, -0.05) is 41.9 Å². The molecule has 0 amide bonds. The van der Waals surface area contributed by atoms with E-state index < -0.39 is 10.7 Å². The zero-order chi connectivity index (χ0) is 20.3. The molecular weight excluding hydrogens is 385 g/mol. The molecule has 6 nitrogen and oxygen atoms in total. The molecule has 0 atom stereocenters. The van der Waals surface area contributed by atoms with Crippen LogP contribution in [-0.4, -0.2) is 24.0 Å². The van der Waals surface area contributed by atoms with E-state index in [1.165, 1.54) is 24.4 Å². The van der Waals surface area contributed by atoms with E-state index in [1.807, 2.05) is 30.3 Å². The third-order valence-electron chi connectivity index (χ3n) is 4.10. The number of halogens is 2. The molecule has 28 heavy (non-hydrogen) atoms. The first-order valence-corrected chi connectivity index (χ1v) is 8.73. The minimum Gasteiger partial charge on any atom is -0.468 e. The van der Waals surface area contributed by atoms with E-state index >= 15 is 0 Å². The molecule has 0 aliphatic heterocycles. The average molecular weight is 402 g/mol. The van der Waals surface area contributed by atoms with Crippen LogP contribution in [-0.2, 0) is 6.61 Å². The van der Waals surface area contributed by atoms with Gasteiger partial charge in [0.05, 0.1) is 21.2 Å². The van der Waals surface area contributed by atoms with Crippen LogP contribution in [0, 0.1) is 15.9 Å². The molecule has 144 valence electrons. The zero-order valence-corrected chi connectivity index (χ0v) is 16.0. The molecule has 0 unspecified atom stereocenters. The maximum atomic E-state index is 14.5. The van der Waals surface area contributed by atoms with Crippen molar-refractivity contribution in [3.8, 4) is 17.0 Å². The highest BCUT2D eigenvalue weighted by atomic mass is 35.5. The molecule has 0 saturated heterocycles. The Morgan fingerprint density at radius 3 is 2.54 bits per heavy atom. The molecule has 3 rings (SSSR count). The fourth-order valence-corrected chi connectivity index (χ4v) is 3.01. The minimum atomic E-state index is -0.600. The Kier molecular flexibility index (Phi) is 5.75. The highest BCUT2D eigenvalue weighted by Crippen LogP contribution is 2.41. The standard InChI is InChI=1S/C20H17ClFN3O3/c1-24(2)18-11-16(21)15(10-17(18)22)14-8-9-23-20(19(14)25(26)27)28-12-13-6-4-3-5-7-13/h3-11H,12H2,1-2H3. The summed E-state index contributed by atoms with van der Waals surface area (Å²) in [7, 11) is 3.36. The van der Waals surface area contributed by atoms with E-state index in [9.17, 15) is 14.5 Å². The SMILES string of the molecule is CN(C)c1cc(Cl)c(-c2ccnc(OCc3ccccc3)c2[N+](=O)[O-])cc1F. The minimum absolute atomic E-state index is 0.111. The van der Waals surface area contributed by atoms with Gasteiger partial charge in [0.1, 0.15) is 12.4 Å². The number of nitro groups is 1. The average Bonchev–Trinajstić information content (AvgIpc) is 2.68. The van der Waals surface area contributed by atoms with Gasteiger partial charge in [0.25, 0.3) is 5.88 Å². The predicted molar refractivity (Wildman–Crippen MR) is 106 cm³/mol. The number of hydrogen-bond donors (Lipinski definition) is 0. The van der Waals surface area contributed by atoms with Crippen LogP contribution in [0.25, 0.3) is 11.1 Å². The maximum Gasteiger partial charge on any atom is 0.338 e. The third-order valence-corrected chi connectivity index (χ3v) is 4.41. The molecule has 0 bridgehead atoms. The van der Waals surface area contributed by atoms with Crippen LogP contribution in [0.15, 0.2) is 54.7 Å². The molecule has 1 aromatic heterocycles. The zero-order valence-electron chi connectivity index (χ0n) is 15.2. The largest absolute Gasteiger partial charge is 0.468 e. The Labute approximate surface area is 166 Å². The van der Waals surface area contributed by atoms with Crippen molar-refractivity contribution in [2.24, 2.45) is 0 Å². The van der Waals surface area contributed by atoms with Crippen molar-refractivity contribution in [1.82, 2.24) is 4.98 Å². The van der Waals surface area contributed by atoms with Crippen molar-refractivity contribution in [3.63, 3.8) is 0 Å². The number of aromatic nitrogens is 1. The van der Waals surface area contributed by atoms with Crippen molar-refractivity contribution < 1.29 is 14.1 Å². The van der Waals surface area contributed by atoms with E-state index in [2.05, 4.69) is 4.98 Å². The molecular formula is C20H17ClFN3O3. The van der Waals surface area contributed by atoms with Gasteiger partial charge in [0, 0.05) is 25.9 Å². The number of pyridine rings is 1. The lowest BCUT2D eigenvalue weighted by Crippen LogP contribution is -2.11. The van der Waals surface area contributed by atoms with Crippen molar-refractivity contribution in [2.75, 3.05) is 19.0 Å². The molecule has 0 spiro atoms. The normalized spacial score (nSPS) is 10.6. The maximum absolute atomic E-state index is 14.5. The lowest BCUT2D eigenvalue weighted by Gasteiger charge is -2.16. The van der Waals surface area contributed by atoms with E-state index in [1.54, 1.807) is 19.0 Å². The third kappa shape index (κ3) is 4.04. The van der Waals surface area contributed by atoms with Crippen LogP contribution in [0.2, 0.25) is 5.02 Å². The monoisotopic (exact) mass is 401 g/mol. The predicted octanol–water partition coefficient (Wildman–Crippen LogP) is 5.09. The van der Waals surface area contributed by atoms with Gasteiger partial charge < -0.3 is 9.64 Å². The summed E-state index contributed by atoms with van der Waals surface area (Å²) in [6.07, 6.45) is 1.37. The highest BCUT2D eigenvalue weighted by Gasteiger charge is 2.26. The summed E-state index contributed by atoms with van der Waals surface area (Å²) in [5.74, 6) is -0.693. The summed E-state index contributed by atoms with van der Waals surface area (Å²) in [6, 6.07) is 13.2. The van der Waals surface area contributed by atoms with Crippen LogP contribution < -0.4 is 9.64 Å². The second-order valence-electron chi connectivity index (χ2n) is 6.22. The van der Waals surface area contributed by atoms with Gasteiger partial charge in [-0.25, -0.2) is 9.37 Å². The lowest BCUT2D eigenvalue weighted by atomic mass is 10.0. The molecule has 0 N–H and O–H groups in total. The molecule has 2 aromatic carbocycles. The van der Waals surface area contributed by atoms with Crippen LogP contribution in [0.4, 0.5) is 15.8 Å². The van der Waals surface area contributed by atoms with Crippen molar-refractivity contribution in [3.05, 3.63) is 81.2 Å². The summed E-state index contributed by atoms with van der Waals surface area (Å²) in [4.78, 5) is 16.7. The van der Waals surface area contributed by atoms with E-state index in [-0.39, 0.29) is 40.0 Å². The number of anilines is 1. The first-order chi connectivity index (χ1) is 13.4. The van der Waals surface area contributed by atoms with Gasteiger partial charge in [0.2, 0.25) is 0 Å². The fraction of sp³-hybridized carbons (Fsp3) is 0.150. The van der Waals surface area contributed by atoms with Gasteiger partial charge in [0.15, 0.2) is 0 Å². The molecule has 0 saturated carbocycles. The number of hydrogen-bond acceptors (Lipinski definition) is 5. The summed E-state index contributed by atoms with van der Waals surface area (Å²) < 4.78 is 20.0. The molecule has 0 fully saturated rings. The Balaban J connectivity index is 2.05. The van der Waals surface area contributed by atoms with Crippen molar-refractivity contribution in [2.45, 2.75) is 6.61 Å². The van der Waals surface area contributed by atoms with Gasteiger partial charge in [-0.15, -0.1) is 0 Å². The second kappa shape index (κ2) is 8.22. The highest BCUT2D eigenvalue weighted by molar-refractivity contribution is 6.33. The summed E-state index contributed by atoms with van der Waals surface area (Å²) in [5.41, 5.74) is 1.09. The van der Waals surface area contributed by atoms with Gasteiger partial charge in [-0.2, -0.15) is 0 Å². The van der Waals surface area contributed by atoms with Crippen molar-refractivity contribution in [1.29, 1.82) is 0 Å². The number of ether oxygens (including phenoxy) is 1. The fourth-order valence-electron chi connectivity index (χ4n) is 2.75. The van der Waals surface area contributed by atoms with E-state index in [4.69, 9.17) is 16.3 Å². The van der Waals surface area contributed by atoms with Gasteiger partial charge in [-0.3, -0.25) is 10.1 Å². The van der Waals surface area contributed by atoms with Crippen molar-refractivity contribution >= 4 is 23.0 Å². The summed E-state index contributed by atoms with van der Waals surface area (Å²) >= 11 is 6.30. The smallest absolute Gasteiger partial charge is 0.338 e. The van der Waals surface area contributed by atoms with Crippen LogP contribution in [0.1, 0.15) is 5.56 Å². The van der Waals surface area contributed by atoms with Crippen LogP contribution in [0.3, 0.4) is 0 Å². The summed E-state index contributed by atoms with van der Waals surface area (Å²) in [6.45, 7) is 0.111. The summed E-state index contributed by atoms with van der Waals surface area (Å²) in [5, 5.41) is 11.9. The van der Waals surface area contributed by atoms with E-state index in [0.29, 0.717) is 0 Å². The van der Waals surface area contributed by atoms with Gasteiger partial charge in [-0.05, 0) is 23.8 Å². The number of rotatable bonds is 6. The Morgan fingerprint density at radius 1 is 1.18 bits per heavy atom. The molecule has 8 heteroatoms. The second-order valence-corrected chi connectivity index (χ2v) is 6.63. The number of nitrogens with zero attached hydrogens (tertiary/aromatic N) is 3. The van der Waals surface area contributed by atoms with E-state index in [0.717, 1.165) is 5.56 Å². The van der Waals surface area contributed by atoms with Crippen LogP contribution in [0.5, 0.6) is 5.88 Å². The first kappa shape index (κ1) is 19.6. The first-order valence-electron chi connectivity index (χ1n) is 8.35. The Morgan fingerprint density at radius 2 is 1.89 bits per heavy atom. The van der Waals surface area contributed by atoms with Gasteiger partial charge >= 0.3 is 5.69 Å². The lowest BCUT2D eigenvalue weighted by molar-refractivity contribution is -0.385.